The smallest absolute Gasteiger partial charge is 0.313 e. The first-order chi connectivity index (χ1) is 12.1. The van der Waals surface area contributed by atoms with Crippen molar-refractivity contribution in [3.8, 4) is 11.1 Å². The fourth-order valence-electron chi connectivity index (χ4n) is 4.10. The number of carbonyl (C=O) groups excluding carboxylic acids is 1. The van der Waals surface area contributed by atoms with Gasteiger partial charge in [-0.3, -0.25) is 14.5 Å². The van der Waals surface area contributed by atoms with Crippen molar-refractivity contribution in [2.24, 2.45) is 11.3 Å². The second kappa shape index (κ2) is 6.01. The van der Waals surface area contributed by atoms with E-state index in [2.05, 4.69) is 34.5 Å². The van der Waals surface area contributed by atoms with Gasteiger partial charge in [-0.05, 0) is 16.7 Å². The number of carboxylic acids is 1. The lowest BCUT2D eigenvalue weighted by Crippen LogP contribution is -2.40. The molecule has 2 fully saturated rings. The zero-order valence-electron chi connectivity index (χ0n) is 13.8. The van der Waals surface area contributed by atoms with Gasteiger partial charge in [-0.25, -0.2) is 0 Å². The maximum absolute atomic E-state index is 12.1. The number of nitrogens with one attached hydrogen (secondary N) is 1. The van der Waals surface area contributed by atoms with Gasteiger partial charge in [-0.1, -0.05) is 54.6 Å². The molecule has 25 heavy (non-hydrogen) atoms. The lowest BCUT2D eigenvalue weighted by Gasteiger charge is -2.22. The Morgan fingerprint density at radius 2 is 1.88 bits per heavy atom. The number of nitrogens with zero attached hydrogens (tertiary/aromatic N) is 1. The zero-order chi connectivity index (χ0) is 17.4. The summed E-state index contributed by atoms with van der Waals surface area (Å²) in [6, 6.07) is 18.3. The van der Waals surface area contributed by atoms with Gasteiger partial charge in [0.25, 0.3) is 0 Å². The Morgan fingerprint density at radius 3 is 2.60 bits per heavy atom. The molecular weight excluding hydrogens is 316 g/mol. The molecule has 5 nitrogen and oxygen atoms in total. The van der Waals surface area contributed by atoms with Crippen LogP contribution in [0.25, 0.3) is 11.1 Å². The number of carboxylic acid groups (broad SMARTS) is 1. The number of rotatable bonds is 4. The van der Waals surface area contributed by atoms with Crippen LogP contribution in [0.4, 0.5) is 0 Å². The number of hydrogen-bond donors (Lipinski definition) is 2. The first kappa shape index (κ1) is 15.8. The molecule has 5 heteroatoms. The fourth-order valence-corrected chi connectivity index (χ4v) is 4.10. The normalized spacial score (nSPS) is 25.6. The van der Waals surface area contributed by atoms with E-state index in [0.29, 0.717) is 19.6 Å². The van der Waals surface area contributed by atoms with Crippen LogP contribution in [0, 0.1) is 11.3 Å². The number of amides is 1. The van der Waals surface area contributed by atoms with Crippen LogP contribution < -0.4 is 5.32 Å². The first-order valence-electron chi connectivity index (χ1n) is 8.47. The summed E-state index contributed by atoms with van der Waals surface area (Å²) in [5, 5.41) is 12.4. The van der Waals surface area contributed by atoms with Crippen LogP contribution >= 0.6 is 0 Å². The summed E-state index contributed by atoms with van der Waals surface area (Å²) in [5.74, 6) is -1.48. The number of carbonyl (C=O) groups is 2. The molecule has 2 aromatic carbocycles. The van der Waals surface area contributed by atoms with Gasteiger partial charge in [0.2, 0.25) is 5.91 Å². The third kappa shape index (κ3) is 2.61. The van der Waals surface area contributed by atoms with E-state index in [9.17, 15) is 14.7 Å². The zero-order valence-corrected chi connectivity index (χ0v) is 13.8. The fraction of sp³-hybridized carbons (Fsp3) is 0.300. The molecule has 128 valence electrons. The molecule has 2 aromatic rings. The van der Waals surface area contributed by atoms with Gasteiger partial charge in [-0.2, -0.15) is 0 Å². The minimum Gasteiger partial charge on any atom is -0.481 e. The Balaban J connectivity index is 1.61. The van der Waals surface area contributed by atoms with Gasteiger partial charge < -0.3 is 10.4 Å². The van der Waals surface area contributed by atoms with Crippen molar-refractivity contribution in [2.45, 2.75) is 6.54 Å². The van der Waals surface area contributed by atoms with E-state index >= 15 is 0 Å². The SMILES string of the molecule is O=C1NC[C@]2(C(=O)O)CN(Cc3ccccc3-c3ccccc3)C[C@H]12. The van der Waals surface area contributed by atoms with E-state index in [1.54, 1.807) is 0 Å². The Morgan fingerprint density at radius 1 is 1.16 bits per heavy atom. The molecule has 0 saturated carbocycles. The Hall–Kier alpha value is -2.66. The Bertz CT molecular complexity index is 821. The maximum atomic E-state index is 12.1. The Labute approximate surface area is 146 Å². The average molecular weight is 336 g/mol. The number of benzene rings is 2. The molecule has 0 bridgehead atoms. The number of likely N-dealkylation sites (tertiary alicyclic amines) is 1. The van der Waals surface area contributed by atoms with E-state index < -0.39 is 17.3 Å². The van der Waals surface area contributed by atoms with Gasteiger partial charge in [-0.15, -0.1) is 0 Å². The number of fused-ring (bicyclic) bond motifs is 1. The molecule has 0 unspecified atom stereocenters. The highest BCUT2D eigenvalue weighted by Gasteiger charge is 2.59. The topological polar surface area (TPSA) is 69.6 Å². The lowest BCUT2D eigenvalue weighted by atomic mass is 9.81. The summed E-state index contributed by atoms with van der Waals surface area (Å²) in [4.78, 5) is 26.0. The molecule has 2 N–H and O–H groups in total. The molecule has 4 rings (SSSR count). The molecule has 2 aliphatic heterocycles. The molecule has 1 amide bonds. The standard InChI is InChI=1S/C20H20N2O3/c23-18-17-11-22(13-20(17,12-21-18)19(24)25)10-15-8-4-5-9-16(15)14-6-2-1-3-7-14/h1-9,17H,10-13H2,(H,21,23)(H,24,25)/t17-,20+/m1/s1. The van der Waals surface area contributed by atoms with Crippen LogP contribution in [-0.2, 0) is 16.1 Å². The summed E-state index contributed by atoms with van der Waals surface area (Å²) in [6.07, 6.45) is 0. The van der Waals surface area contributed by atoms with E-state index in [0.717, 1.165) is 16.7 Å². The molecule has 2 heterocycles. The highest BCUT2D eigenvalue weighted by Crippen LogP contribution is 2.41. The van der Waals surface area contributed by atoms with Crippen molar-refractivity contribution in [1.82, 2.24) is 10.2 Å². The van der Waals surface area contributed by atoms with Crippen LogP contribution in [-0.4, -0.2) is 41.5 Å². The van der Waals surface area contributed by atoms with Crippen molar-refractivity contribution in [2.75, 3.05) is 19.6 Å². The van der Waals surface area contributed by atoms with Crippen molar-refractivity contribution >= 4 is 11.9 Å². The highest BCUT2D eigenvalue weighted by molar-refractivity contribution is 5.92. The molecule has 0 aromatic heterocycles. The summed E-state index contributed by atoms with van der Waals surface area (Å²) in [7, 11) is 0. The molecule has 2 aliphatic rings. The monoisotopic (exact) mass is 336 g/mol. The van der Waals surface area contributed by atoms with Crippen LogP contribution in [0.3, 0.4) is 0 Å². The van der Waals surface area contributed by atoms with Crippen LogP contribution in [0.1, 0.15) is 5.56 Å². The third-order valence-electron chi connectivity index (χ3n) is 5.43. The minimum atomic E-state index is -0.987. The summed E-state index contributed by atoms with van der Waals surface area (Å²) >= 11 is 0. The number of aliphatic carboxylic acids is 1. The summed E-state index contributed by atoms with van der Waals surface area (Å²) in [5.41, 5.74) is 2.45. The van der Waals surface area contributed by atoms with Gasteiger partial charge in [0, 0.05) is 26.2 Å². The second-order valence-electron chi connectivity index (χ2n) is 6.92. The van der Waals surface area contributed by atoms with Gasteiger partial charge in [0.15, 0.2) is 0 Å². The van der Waals surface area contributed by atoms with E-state index in [-0.39, 0.29) is 12.5 Å². The molecule has 2 saturated heterocycles. The third-order valence-corrected chi connectivity index (χ3v) is 5.43. The Kier molecular flexibility index (Phi) is 3.81. The van der Waals surface area contributed by atoms with E-state index in [4.69, 9.17) is 0 Å². The molecular formula is C20H20N2O3. The van der Waals surface area contributed by atoms with Gasteiger partial charge >= 0.3 is 5.97 Å². The molecule has 2 atom stereocenters. The van der Waals surface area contributed by atoms with E-state index in [1.807, 2.05) is 30.3 Å². The van der Waals surface area contributed by atoms with Crippen LogP contribution in [0.2, 0.25) is 0 Å². The van der Waals surface area contributed by atoms with Gasteiger partial charge in [0.05, 0.1) is 5.92 Å². The first-order valence-corrected chi connectivity index (χ1v) is 8.47. The van der Waals surface area contributed by atoms with E-state index in [1.165, 1.54) is 0 Å². The molecule has 0 spiro atoms. The predicted octanol–water partition coefficient (Wildman–Crippen LogP) is 1.99. The predicted molar refractivity (Wildman–Crippen MR) is 93.7 cm³/mol. The van der Waals surface area contributed by atoms with Crippen molar-refractivity contribution in [3.05, 3.63) is 60.2 Å². The van der Waals surface area contributed by atoms with Crippen molar-refractivity contribution in [3.63, 3.8) is 0 Å². The van der Waals surface area contributed by atoms with Crippen LogP contribution in [0.15, 0.2) is 54.6 Å². The second-order valence-corrected chi connectivity index (χ2v) is 6.92. The highest BCUT2D eigenvalue weighted by atomic mass is 16.4. The minimum absolute atomic E-state index is 0.138. The summed E-state index contributed by atoms with van der Waals surface area (Å²) in [6.45, 7) is 1.75. The summed E-state index contributed by atoms with van der Waals surface area (Å²) < 4.78 is 0. The van der Waals surface area contributed by atoms with Crippen molar-refractivity contribution in [1.29, 1.82) is 0 Å². The van der Waals surface area contributed by atoms with Crippen molar-refractivity contribution < 1.29 is 14.7 Å². The molecule has 0 aliphatic carbocycles. The maximum Gasteiger partial charge on any atom is 0.313 e. The van der Waals surface area contributed by atoms with Crippen LogP contribution in [0.5, 0.6) is 0 Å². The molecule has 0 radical (unpaired) electrons. The average Bonchev–Trinajstić information content (AvgIpc) is 3.14. The number of hydrogen-bond acceptors (Lipinski definition) is 3. The van der Waals surface area contributed by atoms with Gasteiger partial charge in [0.1, 0.15) is 5.41 Å². The largest absolute Gasteiger partial charge is 0.481 e. The quantitative estimate of drug-likeness (QED) is 0.896. The lowest BCUT2D eigenvalue weighted by molar-refractivity contribution is -0.149.